The fourth-order valence-electron chi connectivity index (χ4n) is 6.36. The number of hydrogen-bond donors (Lipinski definition) is 0. The van der Waals surface area contributed by atoms with Crippen LogP contribution in [0.4, 0.5) is 0 Å². The van der Waals surface area contributed by atoms with Crippen LogP contribution >= 0.6 is 0 Å². The van der Waals surface area contributed by atoms with Gasteiger partial charge in [-0.1, -0.05) is 92.7 Å². The number of aromatic nitrogens is 2. The van der Waals surface area contributed by atoms with Gasteiger partial charge >= 0.3 is 6.01 Å². The molecule has 0 atom stereocenters. The van der Waals surface area contributed by atoms with E-state index in [1.54, 1.807) is 0 Å². The minimum Gasteiger partial charge on any atom is -0.423 e. The molecule has 0 spiro atoms. The van der Waals surface area contributed by atoms with Crippen molar-refractivity contribution in [1.29, 1.82) is 0 Å². The molecule has 2 aromatic heterocycles. The van der Waals surface area contributed by atoms with Gasteiger partial charge in [-0.15, -0.1) is 0 Å². The average Bonchev–Trinajstić information content (AvgIpc) is 3.52. The highest BCUT2D eigenvalue weighted by Crippen LogP contribution is 2.54. The Bertz CT molecular complexity index is 1950. The molecule has 8 rings (SSSR count). The number of fused-ring (bicyclic) bond motifs is 10. The largest absolute Gasteiger partial charge is 0.423 e. The topological polar surface area (TPSA) is 31.0 Å². The summed E-state index contributed by atoms with van der Waals surface area (Å²) >= 11 is 0. The smallest absolute Gasteiger partial charge is 0.307 e. The van der Waals surface area contributed by atoms with Gasteiger partial charge < -0.3 is 4.42 Å². The first-order valence-corrected chi connectivity index (χ1v) is 12.1. The first-order valence-electron chi connectivity index (χ1n) is 12.1. The zero-order valence-corrected chi connectivity index (χ0v) is 19.5. The molecule has 0 fully saturated rings. The molecule has 0 bridgehead atoms. The van der Waals surface area contributed by atoms with Gasteiger partial charge in [-0.25, -0.2) is 0 Å². The lowest BCUT2D eigenvalue weighted by molar-refractivity contribution is 0.572. The highest BCUT2D eigenvalue weighted by atomic mass is 16.4. The lowest BCUT2D eigenvalue weighted by Crippen LogP contribution is -2.17. The lowest BCUT2D eigenvalue weighted by atomic mass is 9.79. The summed E-state index contributed by atoms with van der Waals surface area (Å²) in [5.74, 6) is 0. The summed E-state index contributed by atoms with van der Waals surface area (Å²) < 4.78 is 8.59. The van der Waals surface area contributed by atoms with Crippen LogP contribution in [0.5, 0.6) is 0 Å². The van der Waals surface area contributed by atoms with E-state index in [9.17, 15) is 0 Å². The summed E-state index contributed by atoms with van der Waals surface area (Å²) in [7, 11) is 0. The van der Waals surface area contributed by atoms with Crippen molar-refractivity contribution in [3.05, 3.63) is 108 Å². The van der Waals surface area contributed by atoms with E-state index in [0.29, 0.717) is 6.01 Å². The number of rotatable bonds is 1. The van der Waals surface area contributed by atoms with Crippen LogP contribution in [0.15, 0.2) is 101 Å². The van der Waals surface area contributed by atoms with Crippen LogP contribution in [-0.4, -0.2) is 9.55 Å². The molecule has 35 heavy (non-hydrogen) atoms. The van der Waals surface area contributed by atoms with Gasteiger partial charge in [0.25, 0.3) is 0 Å². The normalized spacial score (nSPS) is 14.2. The Morgan fingerprint density at radius 3 is 2.26 bits per heavy atom. The van der Waals surface area contributed by atoms with Crippen molar-refractivity contribution in [3.63, 3.8) is 0 Å². The summed E-state index contributed by atoms with van der Waals surface area (Å²) in [5.41, 5.74) is 9.11. The van der Waals surface area contributed by atoms with E-state index >= 15 is 0 Å². The van der Waals surface area contributed by atoms with Gasteiger partial charge in [0.1, 0.15) is 5.52 Å². The molecule has 166 valence electrons. The van der Waals surface area contributed by atoms with Crippen molar-refractivity contribution in [2.45, 2.75) is 19.3 Å². The van der Waals surface area contributed by atoms with E-state index in [4.69, 9.17) is 9.40 Å². The van der Waals surface area contributed by atoms with E-state index in [-0.39, 0.29) is 5.41 Å². The fourth-order valence-corrected chi connectivity index (χ4v) is 6.36. The minimum absolute atomic E-state index is 0.191. The third-order valence-corrected chi connectivity index (χ3v) is 7.78. The first-order chi connectivity index (χ1) is 17.1. The highest BCUT2D eigenvalue weighted by molar-refractivity contribution is 6.13. The van der Waals surface area contributed by atoms with Crippen molar-refractivity contribution in [3.8, 4) is 17.1 Å². The summed E-state index contributed by atoms with van der Waals surface area (Å²) in [6.45, 7) is 4.72. The molecule has 5 aromatic carbocycles. The van der Waals surface area contributed by atoms with Crippen molar-refractivity contribution in [2.75, 3.05) is 0 Å². The maximum atomic E-state index is 6.36. The first kappa shape index (κ1) is 19.0. The second kappa shape index (κ2) is 6.39. The Kier molecular flexibility index (Phi) is 3.47. The number of hydrogen-bond acceptors (Lipinski definition) is 2. The molecule has 3 heteroatoms. The predicted octanol–water partition coefficient (Wildman–Crippen LogP) is 8.38. The van der Waals surface area contributed by atoms with Crippen LogP contribution in [-0.2, 0) is 5.41 Å². The third kappa shape index (κ3) is 2.33. The Morgan fingerprint density at radius 1 is 0.657 bits per heavy atom. The van der Waals surface area contributed by atoms with Gasteiger partial charge in [-0.05, 0) is 51.2 Å². The van der Waals surface area contributed by atoms with E-state index in [2.05, 4.69) is 91.2 Å². The molecule has 0 radical (unpaired) electrons. The zero-order valence-electron chi connectivity index (χ0n) is 19.5. The molecule has 2 heterocycles. The number of oxazole rings is 1. The molecule has 0 amide bonds. The van der Waals surface area contributed by atoms with Crippen LogP contribution in [0.25, 0.3) is 60.8 Å². The van der Waals surface area contributed by atoms with Crippen LogP contribution in [0.3, 0.4) is 0 Å². The molecule has 0 unspecified atom stereocenters. The minimum atomic E-state index is -0.191. The van der Waals surface area contributed by atoms with Crippen molar-refractivity contribution in [1.82, 2.24) is 9.55 Å². The van der Waals surface area contributed by atoms with Crippen molar-refractivity contribution >= 4 is 43.7 Å². The van der Waals surface area contributed by atoms with Gasteiger partial charge in [0.05, 0.1) is 11.0 Å². The third-order valence-electron chi connectivity index (χ3n) is 7.78. The van der Waals surface area contributed by atoms with Crippen molar-refractivity contribution in [2.24, 2.45) is 0 Å². The zero-order chi connectivity index (χ0) is 23.3. The van der Waals surface area contributed by atoms with Gasteiger partial charge in [0.2, 0.25) is 0 Å². The molecule has 0 saturated carbocycles. The molecule has 0 aliphatic heterocycles. The standard InChI is InChI=1S/C32H22N2O/c1-32(2)28-20-10-4-3-9-19(20)15-16-22(28)23-17-18-24-21-11-5-7-13-26(21)34(30(24)29(23)32)31-33-25-12-6-8-14-27(25)35-31/h3-18H,1-2H3. The molecular weight excluding hydrogens is 428 g/mol. The molecule has 0 saturated heterocycles. The van der Waals surface area contributed by atoms with Gasteiger partial charge in [0, 0.05) is 16.2 Å². The van der Waals surface area contributed by atoms with Gasteiger partial charge in [0.15, 0.2) is 5.58 Å². The molecule has 3 nitrogen and oxygen atoms in total. The Morgan fingerprint density at radius 2 is 1.37 bits per heavy atom. The van der Waals surface area contributed by atoms with E-state index in [1.807, 2.05) is 24.3 Å². The highest BCUT2D eigenvalue weighted by Gasteiger charge is 2.40. The Hall–Kier alpha value is -4.37. The van der Waals surface area contributed by atoms with Crippen LogP contribution < -0.4 is 0 Å². The second-order valence-electron chi connectivity index (χ2n) is 10.0. The number of para-hydroxylation sites is 3. The summed E-state index contributed by atoms with van der Waals surface area (Å²) in [4.78, 5) is 4.92. The summed E-state index contributed by atoms with van der Waals surface area (Å²) in [5, 5.41) is 5.04. The monoisotopic (exact) mass is 450 g/mol. The maximum Gasteiger partial charge on any atom is 0.307 e. The predicted molar refractivity (Wildman–Crippen MR) is 143 cm³/mol. The van der Waals surface area contributed by atoms with Crippen LogP contribution in [0, 0.1) is 0 Å². The number of nitrogens with zero attached hydrogens (tertiary/aromatic N) is 2. The average molecular weight is 451 g/mol. The van der Waals surface area contributed by atoms with E-state index < -0.39 is 0 Å². The molecular formula is C32H22N2O. The molecule has 7 aromatic rings. The molecule has 0 N–H and O–H groups in total. The fraction of sp³-hybridized carbons (Fsp3) is 0.0938. The Labute approximate surface area is 202 Å². The second-order valence-corrected chi connectivity index (χ2v) is 10.0. The van der Waals surface area contributed by atoms with Crippen LogP contribution in [0.2, 0.25) is 0 Å². The quantitative estimate of drug-likeness (QED) is 0.251. The number of benzene rings is 5. The van der Waals surface area contributed by atoms with E-state index in [1.165, 1.54) is 49.3 Å². The molecule has 1 aliphatic carbocycles. The van der Waals surface area contributed by atoms with Gasteiger partial charge in [-0.2, -0.15) is 4.98 Å². The molecule has 1 aliphatic rings. The Balaban J connectivity index is 1.56. The summed E-state index contributed by atoms with van der Waals surface area (Å²) in [6.07, 6.45) is 0. The SMILES string of the molecule is CC1(C)c2c(ccc3ccccc23)-c2ccc3c4ccccc4n(-c4nc5ccccc5o4)c3c21. The summed E-state index contributed by atoms with van der Waals surface area (Å²) in [6, 6.07) is 35.0. The lowest BCUT2D eigenvalue weighted by Gasteiger charge is -2.24. The van der Waals surface area contributed by atoms with Crippen molar-refractivity contribution < 1.29 is 4.42 Å². The van der Waals surface area contributed by atoms with Gasteiger partial charge in [-0.3, -0.25) is 4.57 Å². The van der Waals surface area contributed by atoms with Crippen LogP contribution in [0.1, 0.15) is 25.0 Å². The van der Waals surface area contributed by atoms with E-state index in [0.717, 1.165) is 16.6 Å². The maximum absolute atomic E-state index is 6.36.